The summed E-state index contributed by atoms with van der Waals surface area (Å²) in [5.74, 6) is 2.57. The minimum atomic E-state index is 0.774. The molecule has 1 saturated heterocycles. The van der Waals surface area contributed by atoms with Crippen LogP contribution in [0.25, 0.3) is 0 Å². The number of para-hydroxylation sites is 1. The summed E-state index contributed by atoms with van der Waals surface area (Å²) in [6.45, 7) is 9.81. The van der Waals surface area contributed by atoms with Crippen LogP contribution in [-0.4, -0.2) is 31.1 Å². The fourth-order valence-electron chi connectivity index (χ4n) is 4.03. The van der Waals surface area contributed by atoms with Crippen LogP contribution in [-0.2, 0) is 6.42 Å². The van der Waals surface area contributed by atoms with Gasteiger partial charge in [-0.25, -0.2) is 0 Å². The van der Waals surface area contributed by atoms with E-state index in [9.17, 15) is 0 Å². The van der Waals surface area contributed by atoms with Crippen LogP contribution in [0, 0.1) is 17.8 Å². The van der Waals surface area contributed by atoms with Crippen molar-refractivity contribution in [2.45, 2.75) is 39.5 Å². The van der Waals surface area contributed by atoms with Crippen molar-refractivity contribution < 1.29 is 0 Å². The van der Waals surface area contributed by atoms with Crippen molar-refractivity contribution in [1.82, 2.24) is 4.90 Å². The molecule has 21 heavy (non-hydrogen) atoms. The lowest BCUT2D eigenvalue weighted by molar-refractivity contribution is 0.233. The first-order valence-electron chi connectivity index (χ1n) is 8.76. The van der Waals surface area contributed by atoms with E-state index in [1.807, 2.05) is 0 Å². The zero-order valence-corrected chi connectivity index (χ0v) is 13.6. The molecule has 0 aliphatic carbocycles. The molecule has 2 heterocycles. The molecule has 1 N–H and O–H groups in total. The van der Waals surface area contributed by atoms with E-state index in [0.29, 0.717) is 0 Å². The van der Waals surface area contributed by atoms with Crippen molar-refractivity contribution in [3.8, 4) is 0 Å². The molecule has 0 radical (unpaired) electrons. The number of nitrogens with one attached hydrogen (secondary N) is 1. The second-order valence-corrected chi connectivity index (χ2v) is 7.34. The first-order chi connectivity index (χ1) is 10.2. The summed E-state index contributed by atoms with van der Waals surface area (Å²) in [5.41, 5.74) is 2.85. The highest BCUT2D eigenvalue weighted by molar-refractivity contribution is 5.53. The zero-order valence-electron chi connectivity index (χ0n) is 13.6. The normalized spacial score (nSPS) is 27.0. The molecule has 0 amide bonds. The number of benzene rings is 1. The number of nitrogens with zero attached hydrogens (tertiary/aromatic N) is 1. The Morgan fingerprint density at radius 2 is 2.05 bits per heavy atom. The number of hydrogen-bond acceptors (Lipinski definition) is 2. The molecule has 2 nitrogen and oxygen atoms in total. The van der Waals surface area contributed by atoms with Crippen LogP contribution in [0.4, 0.5) is 5.69 Å². The highest BCUT2D eigenvalue weighted by atomic mass is 15.1. The molecule has 1 fully saturated rings. The minimum absolute atomic E-state index is 0.774. The number of rotatable bonds is 3. The van der Waals surface area contributed by atoms with Crippen molar-refractivity contribution in [2.24, 2.45) is 17.8 Å². The summed E-state index contributed by atoms with van der Waals surface area (Å²) in [6, 6.07) is 8.80. The number of hydrogen-bond donors (Lipinski definition) is 1. The Kier molecular flexibility index (Phi) is 4.84. The van der Waals surface area contributed by atoms with E-state index in [4.69, 9.17) is 0 Å². The molecule has 1 aromatic carbocycles. The average molecular weight is 286 g/mol. The summed E-state index contributed by atoms with van der Waals surface area (Å²) in [4.78, 5) is 2.72. The van der Waals surface area contributed by atoms with Gasteiger partial charge in [0.15, 0.2) is 0 Å². The molecule has 0 aromatic heterocycles. The molecule has 1 aromatic rings. The van der Waals surface area contributed by atoms with E-state index in [1.54, 1.807) is 0 Å². The predicted molar refractivity (Wildman–Crippen MR) is 90.7 cm³/mol. The molecule has 2 atom stereocenters. The van der Waals surface area contributed by atoms with Crippen molar-refractivity contribution in [3.05, 3.63) is 29.8 Å². The fourth-order valence-corrected chi connectivity index (χ4v) is 4.03. The van der Waals surface area contributed by atoms with Crippen molar-refractivity contribution in [1.29, 1.82) is 0 Å². The predicted octanol–water partition coefficient (Wildman–Crippen LogP) is 4.03. The molecule has 2 aliphatic heterocycles. The summed E-state index contributed by atoms with van der Waals surface area (Å²) >= 11 is 0. The Bertz CT molecular complexity index is 455. The Balaban J connectivity index is 1.53. The minimum Gasteiger partial charge on any atom is -0.384 e. The number of anilines is 1. The van der Waals surface area contributed by atoms with Gasteiger partial charge >= 0.3 is 0 Å². The van der Waals surface area contributed by atoms with Gasteiger partial charge in [-0.1, -0.05) is 32.0 Å². The van der Waals surface area contributed by atoms with Crippen molar-refractivity contribution in [3.63, 3.8) is 0 Å². The van der Waals surface area contributed by atoms with Gasteiger partial charge in [-0.2, -0.15) is 0 Å². The molecule has 2 aliphatic rings. The number of fused-ring (bicyclic) bond motifs is 1. The molecule has 3 rings (SSSR count). The van der Waals surface area contributed by atoms with Gasteiger partial charge in [-0.3, -0.25) is 0 Å². The Morgan fingerprint density at radius 1 is 1.19 bits per heavy atom. The smallest absolute Gasteiger partial charge is 0.0372 e. The van der Waals surface area contributed by atoms with Crippen LogP contribution in [0.2, 0.25) is 0 Å². The third-order valence-corrected chi connectivity index (χ3v) is 5.43. The maximum Gasteiger partial charge on any atom is 0.0372 e. The lowest BCUT2D eigenvalue weighted by atomic mass is 9.89. The Morgan fingerprint density at radius 3 is 2.90 bits per heavy atom. The van der Waals surface area contributed by atoms with E-state index in [2.05, 4.69) is 48.3 Å². The first-order valence-corrected chi connectivity index (χ1v) is 8.76. The zero-order chi connectivity index (χ0) is 14.7. The van der Waals surface area contributed by atoms with Gasteiger partial charge in [-0.15, -0.1) is 0 Å². The van der Waals surface area contributed by atoms with Gasteiger partial charge in [-0.05, 0) is 68.2 Å². The molecular weight excluding hydrogens is 256 g/mol. The van der Waals surface area contributed by atoms with Crippen LogP contribution in [0.3, 0.4) is 0 Å². The van der Waals surface area contributed by atoms with E-state index < -0.39 is 0 Å². The van der Waals surface area contributed by atoms with Crippen LogP contribution in [0.15, 0.2) is 24.3 Å². The number of likely N-dealkylation sites (tertiary alicyclic amines) is 1. The van der Waals surface area contributed by atoms with Gasteiger partial charge in [0.2, 0.25) is 0 Å². The van der Waals surface area contributed by atoms with Crippen LogP contribution >= 0.6 is 0 Å². The summed E-state index contributed by atoms with van der Waals surface area (Å²) in [7, 11) is 0. The summed E-state index contributed by atoms with van der Waals surface area (Å²) < 4.78 is 0. The summed E-state index contributed by atoms with van der Waals surface area (Å²) in [6.07, 6.45) is 5.46. The lowest BCUT2D eigenvalue weighted by Crippen LogP contribution is -2.36. The standard InChI is InChI=1S/C19H30N2/c1-15(2)17-7-5-10-21(11-9-17)14-16-12-18-6-3-4-8-19(18)20-13-16/h3-4,6,8,15-17,20H,5,7,9-14H2,1-2H3. The maximum atomic E-state index is 3.62. The monoisotopic (exact) mass is 286 g/mol. The Labute approximate surface area is 129 Å². The van der Waals surface area contributed by atoms with Crippen LogP contribution in [0.1, 0.15) is 38.7 Å². The van der Waals surface area contributed by atoms with Gasteiger partial charge < -0.3 is 10.2 Å². The quantitative estimate of drug-likeness (QED) is 0.902. The lowest BCUT2D eigenvalue weighted by Gasteiger charge is -2.31. The average Bonchev–Trinajstić information content (AvgIpc) is 2.73. The second-order valence-electron chi connectivity index (χ2n) is 7.34. The highest BCUT2D eigenvalue weighted by Gasteiger charge is 2.23. The molecule has 0 bridgehead atoms. The molecule has 2 unspecified atom stereocenters. The van der Waals surface area contributed by atoms with Crippen molar-refractivity contribution in [2.75, 3.05) is 31.5 Å². The van der Waals surface area contributed by atoms with Gasteiger partial charge in [0, 0.05) is 18.8 Å². The SMILES string of the molecule is CC(C)C1CCCN(CC2CNc3ccccc3C2)CC1. The largest absolute Gasteiger partial charge is 0.384 e. The van der Waals surface area contributed by atoms with E-state index in [0.717, 1.165) is 24.3 Å². The second kappa shape index (κ2) is 6.83. The van der Waals surface area contributed by atoms with Crippen molar-refractivity contribution >= 4 is 5.69 Å². The maximum absolute atomic E-state index is 3.62. The molecule has 116 valence electrons. The van der Waals surface area contributed by atoms with Gasteiger partial charge in [0.05, 0.1) is 0 Å². The highest BCUT2D eigenvalue weighted by Crippen LogP contribution is 2.27. The molecule has 0 saturated carbocycles. The third kappa shape index (κ3) is 3.79. The van der Waals surface area contributed by atoms with Crippen LogP contribution < -0.4 is 5.32 Å². The van der Waals surface area contributed by atoms with Gasteiger partial charge in [0.1, 0.15) is 0 Å². The molecule has 2 heteroatoms. The van der Waals surface area contributed by atoms with E-state index in [-0.39, 0.29) is 0 Å². The Hall–Kier alpha value is -1.02. The first kappa shape index (κ1) is 14.9. The van der Waals surface area contributed by atoms with Gasteiger partial charge in [0.25, 0.3) is 0 Å². The van der Waals surface area contributed by atoms with E-state index >= 15 is 0 Å². The summed E-state index contributed by atoms with van der Waals surface area (Å²) in [5, 5.41) is 3.62. The fraction of sp³-hybridized carbons (Fsp3) is 0.684. The third-order valence-electron chi connectivity index (χ3n) is 5.43. The molecule has 0 spiro atoms. The molecular formula is C19H30N2. The van der Waals surface area contributed by atoms with E-state index in [1.165, 1.54) is 56.6 Å². The topological polar surface area (TPSA) is 15.3 Å². The van der Waals surface area contributed by atoms with Crippen LogP contribution in [0.5, 0.6) is 0 Å².